The van der Waals surface area contributed by atoms with Gasteiger partial charge in [-0.25, -0.2) is 9.97 Å². The van der Waals surface area contributed by atoms with Gasteiger partial charge in [0.2, 0.25) is 0 Å². The summed E-state index contributed by atoms with van der Waals surface area (Å²) in [6, 6.07) is 2.72. The molecule has 0 spiro atoms. The fourth-order valence-corrected chi connectivity index (χ4v) is 3.27. The van der Waals surface area contributed by atoms with Gasteiger partial charge < -0.3 is 5.32 Å². The average Bonchev–Trinajstić information content (AvgIpc) is 2.75. The van der Waals surface area contributed by atoms with Crippen LogP contribution in [0.5, 0.6) is 0 Å². The van der Waals surface area contributed by atoms with Gasteiger partial charge in [0, 0.05) is 17.5 Å². The maximum Gasteiger partial charge on any atom is 0.116 e. The highest BCUT2D eigenvalue weighted by atomic mass is 32.2. The van der Waals surface area contributed by atoms with Crippen LogP contribution in [-0.2, 0) is 0 Å². The zero-order chi connectivity index (χ0) is 11.2. The Kier molecular flexibility index (Phi) is 4.60. The van der Waals surface area contributed by atoms with Crippen molar-refractivity contribution in [3.63, 3.8) is 0 Å². The van der Waals surface area contributed by atoms with Crippen LogP contribution in [-0.4, -0.2) is 27.8 Å². The van der Waals surface area contributed by atoms with Gasteiger partial charge >= 0.3 is 0 Å². The van der Waals surface area contributed by atoms with Crippen molar-refractivity contribution < 1.29 is 0 Å². The zero-order valence-electron chi connectivity index (χ0n) is 9.72. The van der Waals surface area contributed by atoms with E-state index in [0.717, 1.165) is 22.9 Å². The fourth-order valence-electron chi connectivity index (χ4n) is 2.10. The highest BCUT2D eigenvalue weighted by Gasteiger charge is 2.24. The molecule has 2 rings (SSSR count). The molecule has 3 nitrogen and oxygen atoms in total. The number of nitrogens with one attached hydrogen (secondary N) is 1. The lowest BCUT2D eigenvalue weighted by Gasteiger charge is -2.11. The van der Waals surface area contributed by atoms with Gasteiger partial charge in [-0.1, -0.05) is 6.92 Å². The van der Waals surface area contributed by atoms with Gasteiger partial charge in [-0.3, -0.25) is 0 Å². The molecule has 1 heterocycles. The first-order valence-corrected chi connectivity index (χ1v) is 6.92. The van der Waals surface area contributed by atoms with Gasteiger partial charge in [-0.15, -0.1) is 11.8 Å². The lowest BCUT2D eigenvalue weighted by Crippen LogP contribution is -2.27. The Bertz CT molecular complexity index is 304. The van der Waals surface area contributed by atoms with E-state index in [1.165, 1.54) is 25.7 Å². The van der Waals surface area contributed by atoms with Crippen molar-refractivity contribution in [3.05, 3.63) is 18.6 Å². The lowest BCUT2D eigenvalue weighted by molar-refractivity contribution is 0.524. The first kappa shape index (κ1) is 11.9. The molecule has 1 aliphatic carbocycles. The van der Waals surface area contributed by atoms with E-state index in [0.29, 0.717) is 0 Å². The van der Waals surface area contributed by atoms with Gasteiger partial charge in [0.05, 0.1) is 5.03 Å². The Morgan fingerprint density at radius 1 is 1.50 bits per heavy atom. The summed E-state index contributed by atoms with van der Waals surface area (Å²) in [4.78, 5) is 8.20. The Balaban J connectivity index is 1.76. The predicted molar refractivity (Wildman–Crippen MR) is 67.6 cm³/mol. The Labute approximate surface area is 101 Å². The van der Waals surface area contributed by atoms with E-state index in [9.17, 15) is 0 Å². The largest absolute Gasteiger partial charge is 0.314 e. The van der Waals surface area contributed by atoms with Crippen molar-refractivity contribution in [1.29, 1.82) is 0 Å². The summed E-state index contributed by atoms with van der Waals surface area (Å²) in [6.07, 6.45) is 8.55. The van der Waals surface area contributed by atoms with E-state index in [-0.39, 0.29) is 0 Å². The molecule has 1 aromatic heterocycles. The summed E-state index contributed by atoms with van der Waals surface area (Å²) >= 11 is 1.90. The number of aromatic nitrogens is 2. The van der Waals surface area contributed by atoms with E-state index < -0.39 is 0 Å². The van der Waals surface area contributed by atoms with E-state index >= 15 is 0 Å². The summed E-state index contributed by atoms with van der Waals surface area (Å²) in [5.41, 5.74) is 0. The molecule has 88 valence electrons. The van der Waals surface area contributed by atoms with Crippen LogP contribution in [0, 0.1) is 0 Å². The maximum atomic E-state index is 4.26. The molecule has 1 saturated carbocycles. The lowest BCUT2D eigenvalue weighted by atomic mass is 10.2. The maximum absolute atomic E-state index is 4.26. The molecule has 2 unspecified atom stereocenters. The molecular formula is C12H19N3S. The van der Waals surface area contributed by atoms with Gasteiger partial charge in [-0.2, -0.15) is 0 Å². The van der Waals surface area contributed by atoms with Crippen molar-refractivity contribution in [2.75, 3.05) is 6.54 Å². The molecule has 0 aliphatic heterocycles. The molecular weight excluding hydrogens is 218 g/mol. The predicted octanol–water partition coefficient (Wildman–Crippen LogP) is 2.49. The van der Waals surface area contributed by atoms with Crippen molar-refractivity contribution in [1.82, 2.24) is 15.3 Å². The van der Waals surface area contributed by atoms with Crippen molar-refractivity contribution in [2.45, 2.75) is 48.9 Å². The fraction of sp³-hybridized carbons (Fsp3) is 0.667. The van der Waals surface area contributed by atoms with Gasteiger partial charge in [0.25, 0.3) is 0 Å². The SMILES string of the molecule is CCCNC1CCC(Sc2ccncn2)C1. The molecule has 2 atom stereocenters. The summed E-state index contributed by atoms with van der Waals surface area (Å²) in [7, 11) is 0. The summed E-state index contributed by atoms with van der Waals surface area (Å²) in [5.74, 6) is 0. The van der Waals surface area contributed by atoms with Crippen LogP contribution in [0.15, 0.2) is 23.6 Å². The van der Waals surface area contributed by atoms with Gasteiger partial charge in [0.1, 0.15) is 6.33 Å². The van der Waals surface area contributed by atoms with Gasteiger partial charge in [-0.05, 0) is 38.3 Å². The molecule has 0 amide bonds. The van der Waals surface area contributed by atoms with Crippen LogP contribution in [0.25, 0.3) is 0 Å². The molecule has 1 aliphatic rings. The second-order valence-corrected chi connectivity index (χ2v) is 5.57. The topological polar surface area (TPSA) is 37.8 Å². The van der Waals surface area contributed by atoms with Crippen LogP contribution in [0.4, 0.5) is 0 Å². The molecule has 1 aromatic rings. The van der Waals surface area contributed by atoms with E-state index in [1.807, 2.05) is 24.0 Å². The van der Waals surface area contributed by atoms with E-state index in [1.54, 1.807) is 6.33 Å². The van der Waals surface area contributed by atoms with Crippen molar-refractivity contribution in [2.24, 2.45) is 0 Å². The number of hydrogen-bond donors (Lipinski definition) is 1. The first-order valence-electron chi connectivity index (χ1n) is 6.04. The van der Waals surface area contributed by atoms with Crippen LogP contribution in [0.1, 0.15) is 32.6 Å². The van der Waals surface area contributed by atoms with Crippen LogP contribution in [0.3, 0.4) is 0 Å². The number of thioether (sulfide) groups is 1. The summed E-state index contributed by atoms with van der Waals surface area (Å²) < 4.78 is 0. The standard InChI is InChI=1S/C12H19N3S/c1-2-6-14-10-3-4-11(8-10)16-12-5-7-13-9-15-12/h5,7,9-11,14H,2-4,6,8H2,1H3. The van der Waals surface area contributed by atoms with Gasteiger partial charge in [0.15, 0.2) is 0 Å². The highest BCUT2D eigenvalue weighted by Crippen LogP contribution is 2.33. The third-order valence-corrected chi connectivity index (χ3v) is 4.15. The average molecular weight is 237 g/mol. The third-order valence-electron chi connectivity index (χ3n) is 2.91. The van der Waals surface area contributed by atoms with Crippen molar-refractivity contribution >= 4 is 11.8 Å². The van der Waals surface area contributed by atoms with E-state index in [4.69, 9.17) is 0 Å². The minimum atomic E-state index is 0.722. The molecule has 4 heteroatoms. The number of rotatable bonds is 5. The number of hydrogen-bond acceptors (Lipinski definition) is 4. The molecule has 0 aromatic carbocycles. The van der Waals surface area contributed by atoms with E-state index in [2.05, 4.69) is 22.2 Å². The van der Waals surface area contributed by atoms with Crippen LogP contribution < -0.4 is 5.32 Å². The van der Waals surface area contributed by atoms with Crippen LogP contribution in [0.2, 0.25) is 0 Å². The normalized spacial score (nSPS) is 24.8. The first-order chi connectivity index (χ1) is 7.88. The molecule has 0 radical (unpaired) electrons. The summed E-state index contributed by atoms with van der Waals surface area (Å²) in [5, 5.41) is 5.43. The monoisotopic (exact) mass is 237 g/mol. The number of nitrogens with zero attached hydrogens (tertiary/aromatic N) is 2. The Hall–Kier alpha value is -0.610. The second kappa shape index (κ2) is 6.21. The zero-order valence-corrected chi connectivity index (χ0v) is 10.5. The van der Waals surface area contributed by atoms with Crippen LogP contribution >= 0.6 is 11.8 Å². The Morgan fingerprint density at radius 3 is 3.19 bits per heavy atom. The molecule has 0 bridgehead atoms. The quantitative estimate of drug-likeness (QED) is 0.798. The smallest absolute Gasteiger partial charge is 0.116 e. The minimum Gasteiger partial charge on any atom is -0.314 e. The Morgan fingerprint density at radius 2 is 2.44 bits per heavy atom. The highest BCUT2D eigenvalue weighted by molar-refractivity contribution is 7.99. The molecule has 1 N–H and O–H groups in total. The van der Waals surface area contributed by atoms with Crippen molar-refractivity contribution in [3.8, 4) is 0 Å². The molecule has 16 heavy (non-hydrogen) atoms. The summed E-state index contributed by atoms with van der Waals surface area (Å²) in [6.45, 7) is 3.37. The third kappa shape index (κ3) is 3.46. The molecule has 0 saturated heterocycles. The second-order valence-electron chi connectivity index (χ2n) is 4.25. The molecule has 1 fully saturated rings. The minimum absolute atomic E-state index is 0.722.